The van der Waals surface area contributed by atoms with E-state index in [4.69, 9.17) is 4.74 Å². The van der Waals surface area contributed by atoms with Gasteiger partial charge in [0.05, 0.1) is 23.8 Å². The molecule has 2 unspecified atom stereocenters. The molecule has 0 saturated carbocycles. The van der Waals surface area contributed by atoms with Gasteiger partial charge in [-0.2, -0.15) is 26.3 Å². The minimum absolute atomic E-state index is 0.0547. The summed E-state index contributed by atoms with van der Waals surface area (Å²) in [4.78, 5) is 11.1. The van der Waals surface area contributed by atoms with Crippen LogP contribution in [0, 0.1) is 0 Å². The van der Waals surface area contributed by atoms with Gasteiger partial charge in [-0.25, -0.2) is 0 Å². The Morgan fingerprint density at radius 1 is 0.933 bits per heavy atom. The normalized spacial score (nSPS) is 14.4. The van der Waals surface area contributed by atoms with Gasteiger partial charge in [0.1, 0.15) is 0 Å². The number of hydrogen-bond acceptors (Lipinski definition) is 3. The van der Waals surface area contributed by atoms with Crippen molar-refractivity contribution in [1.82, 2.24) is 0 Å². The van der Waals surface area contributed by atoms with Crippen molar-refractivity contribution in [2.45, 2.75) is 44.1 Å². The van der Waals surface area contributed by atoms with Crippen LogP contribution in [0.2, 0.25) is 0 Å². The van der Waals surface area contributed by atoms with E-state index in [0.29, 0.717) is 17.7 Å². The molecule has 0 bridgehead atoms. The van der Waals surface area contributed by atoms with Gasteiger partial charge in [-0.3, -0.25) is 0 Å². The Hall–Kier alpha value is -2.55. The molecule has 0 fully saturated rings. The zero-order chi connectivity index (χ0) is 22.5. The summed E-state index contributed by atoms with van der Waals surface area (Å²) in [5.41, 5.74) is -2.52. The van der Waals surface area contributed by atoms with E-state index in [-0.39, 0.29) is 24.7 Å². The maximum atomic E-state index is 13.1. The highest BCUT2D eigenvalue weighted by Gasteiger charge is 2.37. The number of carboxylic acid groups (broad SMARTS) is 1. The van der Waals surface area contributed by atoms with Crippen LogP contribution < -0.4 is 5.11 Å². The lowest BCUT2D eigenvalue weighted by atomic mass is 9.96. The topological polar surface area (TPSA) is 49.4 Å². The number of rotatable bonds is 8. The van der Waals surface area contributed by atoms with Crippen LogP contribution in [0.4, 0.5) is 26.3 Å². The average molecular weight is 433 g/mol. The number of alkyl halides is 6. The molecule has 2 rings (SSSR count). The number of ether oxygens (including phenoxy) is 1. The second-order valence-electron chi connectivity index (χ2n) is 6.75. The molecule has 0 spiro atoms. The van der Waals surface area contributed by atoms with E-state index in [0.717, 1.165) is 0 Å². The zero-order valence-corrected chi connectivity index (χ0v) is 15.9. The van der Waals surface area contributed by atoms with Crippen LogP contribution in [-0.4, -0.2) is 12.6 Å². The third-order valence-electron chi connectivity index (χ3n) is 4.54. The molecule has 30 heavy (non-hydrogen) atoms. The summed E-state index contributed by atoms with van der Waals surface area (Å²) in [6, 6.07) is 9.69. The molecule has 0 heterocycles. The van der Waals surface area contributed by atoms with Crippen molar-refractivity contribution < 1.29 is 41.0 Å². The van der Waals surface area contributed by atoms with E-state index in [1.165, 1.54) is 0 Å². The van der Waals surface area contributed by atoms with E-state index in [1.807, 2.05) is 0 Å². The van der Waals surface area contributed by atoms with Gasteiger partial charge in [0.2, 0.25) is 0 Å². The minimum Gasteiger partial charge on any atom is -0.550 e. The molecule has 3 nitrogen and oxygen atoms in total. The van der Waals surface area contributed by atoms with Crippen LogP contribution in [0.3, 0.4) is 0 Å². The second-order valence-corrected chi connectivity index (χ2v) is 6.75. The van der Waals surface area contributed by atoms with Crippen LogP contribution in [0.1, 0.15) is 54.0 Å². The summed E-state index contributed by atoms with van der Waals surface area (Å²) < 4.78 is 84.2. The van der Waals surface area contributed by atoms with Gasteiger partial charge in [-0.15, -0.1) is 0 Å². The number of halogens is 6. The molecule has 0 radical (unpaired) electrons. The Balaban J connectivity index is 2.33. The number of carboxylic acids is 1. The molecule has 164 valence electrons. The Morgan fingerprint density at radius 3 is 1.90 bits per heavy atom. The first kappa shape index (κ1) is 23.7. The first-order chi connectivity index (χ1) is 13.9. The summed E-state index contributed by atoms with van der Waals surface area (Å²) in [6.45, 7) is 1.34. The molecular weight excluding hydrogens is 414 g/mol. The van der Waals surface area contributed by atoms with E-state index < -0.39 is 47.9 Å². The standard InChI is InChI=1S/C21H20F6O3/c1-2-18(30-12-15(10-19(28)29)13-6-4-3-5-7-13)14-8-16(20(22,23)24)11-17(9-14)21(25,26)27/h3-9,11,15,18H,2,10,12H2,1H3,(H,28,29)/p-1. The molecule has 2 aromatic carbocycles. The number of carbonyl (C=O) groups is 1. The highest BCUT2D eigenvalue weighted by molar-refractivity contribution is 5.65. The first-order valence-electron chi connectivity index (χ1n) is 9.07. The van der Waals surface area contributed by atoms with Crippen LogP contribution in [-0.2, 0) is 21.9 Å². The number of aliphatic carboxylic acids is 1. The summed E-state index contributed by atoms with van der Waals surface area (Å²) in [5, 5.41) is 11.1. The number of carbonyl (C=O) groups excluding carboxylic acids is 1. The molecule has 0 saturated heterocycles. The van der Waals surface area contributed by atoms with Gasteiger partial charge in [0, 0.05) is 11.9 Å². The predicted octanol–water partition coefficient (Wildman–Crippen LogP) is 5.12. The van der Waals surface area contributed by atoms with Gasteiger partial charge >= 0.3 is 12.4 Å². The molecule has 0 aliphatic rings. The lowest BCUT2D eigenvalue weighted by molar-refractivity contribution is -0.306. The Bertz CT molecular complexity index is 814. The van der Waals surface area contributed by atoms with E-state index in [9.17, 15) is 36.2 Å². The Morgan fingerprint density at radius 2 is 1.47 bits per heavy atom. The zero-order valence-electron chi connectivity index (χ0n) is 15.9. The molecule has 0 amide bonds. The maximum Gasteiger partial charge on any atom is 0.416 e. The van der Waals surface area contributed by atoms with Gasteiger partial charge in [-0.05, 0) is 42.2 Å². The fourth-order valence-corrected chi connectivity index (χ4v) is 3.05. The summed E-state index contributed by atoms with van der Waals surface area (Å²) >= 11 is 0. The summed E-state index contributed by atoms with van der Waals surface area (Å²) in [5.74, 6) is -2.02. The van der Waals surface area contributed by atoms with Crippen molar-refractivity contribution in [2.24, 2.45) is 0 Å². The van der Waals surface area contributed by atoms with Crippen LogP contribution >= 0.6 is 0 Å². The van der Waals surface area contributed by atoms with Gasteiger partial charge in [0.15, 0.2) is 0 Å². The summed E-state index contributed by atoms with van der Waals surface area (Å²) in [6.07, 6.45) is -11.3. The quantitative estimate of drug-likeness (QED) is 0.544. The molecule has 9 heteroatoms. The van der Waals surface area contributed by atoms with Gasteiger partial charge in [0.25, 0.3) is 0 Å². The van der Waals surface area contributed by atoms with E-state index >= 15 is 0 Å². The monoisotopic (exact) mass is 433 g/mol. The van der Waals surface area contributed by atoms with Crippen molar-refractivity contribution in [3.8, 4) is 0 Å². The largest absolute Gasteiger partial charge is 0.550 e. The average Bonchev–Trinajstić information content (AvgIpc) is 2.66. The predicted molar refractivity (Wildman–Crippen MR) is 94.2 cm³/mol. The summed E-state index contributed by atoms with van der Waals surface area (Å²) in [7, 11) is 0. The highest BCUT2D eigenvalue weighted by Crippen LogP contribution is 2.38. The third kappa shape index (κ3) is 6.48. The molecule has 2 atom stereocenters. The fourth-order valence-electron chi connectivity index (χ4n) is 3.05. The molecule has 0 aromatic heterocycles. The van der Waals surface area contributed by atoms with Crippen molar-refractivity contribution in [2.75, 3.05) is 6.61 Å². The molecule has 0 aliphatic carbocycles. The van der Waals surface area contributed by atoms with Crippen molar-refractivity contribution >= 4 is 5.97 Å². The van der Waals surface area contributed by atoms with Gasteiger partial charge < -0.3 is 14.6 Å². The van der Waals surface area contributed by atoms with E-state index in [1.54, 1.807) is 37.3 Å². The molecular formula is C21H19F6O3-. The molecule has 0 N–H and O–H groups in total. The third-order valence-corrected chi connectivity index (χ3v) is 4.54. The van der Waals surface area contributed by atoms with Crippen molar-refractivity contribution in [3.63, 3.8) is 0 Å². The van der Waals surface area contributed by atoms with Gasteiger partial charge in [-0.1, -0.05) is 37.3 Å². The maximum absolute atomic E-state index is 13.1. The lowest BCUT2D eigenvalue weighted by Gasteiger charge is -2.24. The fraction of sp³-hybridized carbons (Fsp3) is 0.381. The minimum atomic E-state index is -4.96. The van der Waals surface area contributed by atoms with Crippen molar-refractivity contribution in [3.05, 3.63) is 70.8 Å². The van der Waals surface area contributed by atoms with Crippen LogP contribution in [0.5, 0.6) is 0 Å². The highest BCUT2D eigenvalue weighted by atomic mass is 19.4. The number of hydrogen-bond donors (Lipinski definition) is 0. The number of benzene rings is 2. The van der Waals surface area contributed by atoms with Crippen LogP contribution in [0.25, 0.3) is 0 Å². The Labute approximate surface area is 169 Å². The lowest BCUT2D eigenvalue weighted by Crippen LogP contribution is -2.26. The van der Waals surface area contributed by atoms with E-state index in [2.05, 4.69) is 0 Å². The smallest absolute Gasteiger partial charge is 0.416 e. The van der Waals surface area contributed by atoms with Crippen molar-refractivity contribution in [1.29, 1.82) is 0 Å². The molecule has 2 aromatic rings. The molecule has 0 aliphatic heterocycles. The van der Waals surface area contributed by atoms with Crippen LogP contribution in [0.15, 0.2) is 48.5 Å². The first-order valence-corrected chi connectivity index (χ1v) is 9.07. The SMILES string of the molecule is CCC(OCC(CC(=O)[O-])c1ccccc1)c1cc(C(F)(F)F)cc(C(F)(F)F)c1. The second kappa shape index (κ2) is 9.51. The Kier molecular flexibility index (Phi) is 7.52.